The SMILES string of the molecule is CCCCC[N+](CCCCC)(CCCCC)CCCCC.I. The Balaban J connectivity index is 0. The molecule has 0 aromatic carbocycles. The molecule has 2 heteroatoms. The molecule has 22 heavy (non-hydrogen) atoms. The Labute approximate surface area is 159 Å². The highest BCUT2D eigenvalue weighted by molar-refractivity contribution is 14.0. The maximum atomic E-state index is 2.33. The van der Waals surface area contributed by atoms with Gasteiger partial charge in [0.15, 0.2) is 0 Å². The van der Waals surface area contributed by atoms with E-state index in [2.05, 4.69) is 27.7 Å². The smallest absolute Gasteiger partial charge is 0.0786 e. The first-order valence-corrected chi connectivity index (χ1v) is 10.1. The third-order valence-corrected chi connectivity index (χ3v) is 4.94. The lowest BCUT2D eigenvalue weighted by Gasteiger charge is -2.39. The average molecular weight is 426 g/mol. The molecule has 0 fully saturated rings. The van der Waals surface area contributed by atoms with Crippen LogP contribution in [0.15, 0.2) is 0 Å². The van der Waals surface area contributed by atoms with Gasteiger partial charge in [0.1, 0.15) is 0 Å². The van der Waals surface area contributed by atoms with Gasteiger partial charge in [0.05, 0.1) is 26.2 Å². The van der Waals surface area contributed by atoms with E-state index in [9.17, 15) is 0 Å². The largest absolute Gasteiger partial charge is 0.324 e. The lowest BCUT2D eigenvalue weighted by molar-refractivity contribution is -0.929. The predicted molar refractivity (Wildman–Crippen MR) is 113 cm³/mol. The fourth-order valence-corrected chi connectivity index (χ4v) is 3.46. The molecule has 136 valence electrons. The highest BCUT2D eigenvalue weighted by Crippen LogP contribution is 2.18. The first-order chi connectivity index (χ1) is 10.2. The molecule has 0 radical (unpaired) electrons. The molecular weight excluding hydrogens is 381 g/mol. The van der Waals surface area contributed by atoms with Crippen LogP contribution in [0.3, 0.4) is 0 Å². The van der Waals surface area contributed by atoms with Gasteiger partial charge < -0.3 is 4.48 Å². The second-order valence-electron chi connectivity index (χ2n) is 7.06. The molecule has 0 aliphatic carbocycles. The fraction of sp³-hybridized carbons (Fsp3) is 1.00. The summed E-state index contributed by atoms with van der Waals surface area (Å²) in [5, 5.41) is 0. The number of halogens is 1. The zero-order valence-electron chi connectivity index (χ0n) is 16.2. The van der Waals surface area contributed by atoms with E-state index < -0.39 is 0 Å². The summed E-state index contributed by atoms with van der Waals surface area (Å²) in [6.07, 6.45) is 16.9. The number of unbranched alkanes of at least 4 members (excludes halogenated alkanes) is 8. The van der Waals surface area contributed by atoms with Gasteiger partial charge in [0.2, 0.25) is 0 Å². The Morgan fingerprint density at radius 3 is 0.818 bits per heavy atom. The van der Waals surface area contributed by atoms with Crippen LogP contribution < -0.4 is 0 Å². The number of hydrogen-bond acceptors (Lipinski definition) is 0. The van der Waals surface area contributed by atoms with E-state index in [1.807, 2.05) is 0 Å². The first kappa shape index (κ1) is 24.9. The van der Waals surface area contributed by atoms with E-state index in [0.717, 1.165) is 0 Å². The van der Waals surface area contributed by atoms with Crippen molar-refractivity contribution in [3.8, 4) is 0 Å². The monoisotopic (exact) mass is 426 g/mol. The maximum absolute atomic E-state index is 2.33. The summed E-state index contributed by atoms with van der Waals surface area (Å²) in [6.45, 7) is 15.1. The van der Waals surface area contributed by atoms with Crippen LogP contribution in [0.25, 0.3) is 0 Å². The predicted octanol–water partition coefficient (Wildman–Crippen LogP) is 7.18. The van der Waals surface area contributed by atoms with E-state index in [1.54, 1.807) is 0 Å². The van der Waals surface area contributed by atoms with Crippen molar-refractivity contribution in [2.24, 2.45) is 0 Å². The van der Waals surface area contributed by atoms with Crippen LogP contribution in [0.1, 0.15) is 105 Å². The van der Waals surface area contributed by atoms with Crippen molar-refractivity contribution in [3.05, 3.63) is 0 Å². The summed E-state index contributed by atoms with van der Waals surface area (Å²) < 4.78 is 1.44. The normalized spacial score (nSPS) is 11.5. The van der Waals surface area contributed by atoms with Gasteiger partial charge in [-0.3, -0.25) is 0 Å². The highest BCUT2D eigenvalue weighted by Gasteiger charge is 2.25. The molecule has 0 amide bonds. The van der Waals surface area contributed by atoms with Gasteiger partial charge in [-0.2, -0.15) is 0 Å². The van der Waals surface area contributed by atoms with E-state index in [4.69, 9.17) is 0 Å². The highest BCUT2D eigenvalue weighted by atomic mass is 127. The van der Waals surface area contributed by atoms with Crippen LogP contribution in [0.5, 0.6) is 0 Å². The lowest BCUT2D eigenvalue weighted by Crippen LogP contribution is -2.50. The van der Waals surface area contributed by atoms with Crippen molar-refractivity contribution in [3.63, 3.8) is 0 Å². The third-order valence-electron chi connectivity index (χ3n) is 4.94. The minimum Gasteiger partial charge on any atom is -0.324 e. The topological polar surface area (TPSA) is 0 Å². The van der Waals surface area contributed by atoms with Crippen LogP contribution >= 0.6 is 24.0 Å². The molecule has 0 saturated heterocycles. The molecule has 0 spiro atoms. The third kappa shape index (κ3) is 13.2. The maximum Gasteiger partial charge on any atom is 0.0786 e. The summed E-state index contributed by atoms with van der Waals surface area (Å²) in [4.78, 5) is 0. The Hall–Kier alpha value is 0.690. The molecule has 1 nitrogen and oxygen atoms in total. The minimum atomic E-state index is 0. The molecular formula is C20H45IN+. The second kappa shape index (κ2) is 18.0. The molecule has 0 aromatic rings. The summed E-state index contributed by atoms with van der Waals surface area (Å²) in [5.74, 6) is 0. The van der Waals surface area contributed by atoms with Crippen molar-refractivity contribution in [2.45, 2.75) is 105 Å². The molecule has 0 unspecified atom stereocenters. The lowest BCUT2D eigenvalue weighted by atomic mass is 10.1. The second-order valence-corrected chi connectivity index (χ2v) is 7.06. The van der Waals surface area contributed by atoms with E-state index in [0.29, 0.717) is 0 Å². The number of quaternary nitrogens is 1. The average Bonchev–Trinajstić information content (AvgIpc) is 2.48. The van der Waals surface area contributed by atoms with Gasteiger partial charge in [-0.15, -0.1) is 24.0 Å². The van der Waals surface area contributed by atoms with Crippen molar-refractivity contribution in [1.29, 1.82) is 0 Å². The summed E-state index contributed by atoms with van der Waals surface area (Å²) in [7, 11) is 0. The van der Waals surface area contributed by atoms with E-state index in [1.165, 1.54) is 108 Å². The molecule has 0 heterocycles. The van der Waals surface area contributed by atoms with Gasteiger partial charge in [-0.1, -0.05) is 53.4 Å². The van der Waals surface area contributed by atoms with Gasteiger partial charge in [0, 0.05) is 0 Å². The van der Waals surface area contributed by atoms with Crippen LogP contribution in [0, 0.1) is 0 Å². The Kier molecular flexibility index (Phi) is 20.4. The van der Waals surface area contributed by atoms with E-state index >= 15 is 0 Å². The fourth-order valence-electron chi connectivity index (χ4n) is 3.46. The summed E-state index contributed by atoms with van der Waals surface area (Å²) in [6, 6.07) is 0. The standard InChI is InChI=1S/C20H44N.HI/c1-5-9-13-17-21(18-14-10-6-2,19-15-11-7-3)20-16-12-8-4;/h5-20H2,1-4H3;1H/q+1;. The van der Waals surface area contributed by atoms with Gasteiger partial charge in [0.25, 0.3) is 0 Å². The minimum absolute atomic E-state index is 0. The van der Waals surface area contributed by atoms with E-state index in [-0.39, 0.29) is 24.0 Å². The molecule has 0 saturated carbocycles. The quantitative estimate of drug-likeness (QED) is 0.139. The van der Waals surface area contributed by atoms with Crippen LogP contribution in [-0.2, 0) is 0 Å². The summed E-state index contributed by atoms with van der Waals surface area (Å²) >= 11 is 0. The molecule has 0 aromatic heterocycles. The van der Waals surface area contributed by atoms with Gasteiger partial charge in [-0.25, -0.2) is 0 Å². The Bertz CT molecular complexity index is 160. The number of nitrogens with zero attached hydrogens (tertiary/aromatic N) is 1. The summed E-state index contributed by atoms with van der Waals surface area (Å²) in [5.41, 5.74) is 0. The first-order valence-electron chi connectivity index (χ1n) is 10.1. The van der Waals surface area contributed by atoms with Crippen LogP contribution in [0.4, 0.5) is 0 Å². The molecule has 0 atom stereocenters. The van der Waals surface area contributed by atoms with Crippen molar-refractivity contribution >= 4 is 24.0 Å². The molecule has 0 rings (SSSR count). The Morgan fingerprint density at radius 1 is 0.409 bits per heavy atom. The van der Waals surface area contributed by atoms with Crippen LogP contribution in [-0.4, -0.2) is 30.7 Å². The molecule has 0 aliphatic rings. The van der Waals surface area contributed by atoms with Crippen molar-refractivity contribution < 1.29 is 4.48 Å². The zero-order chi connectivity index (χ0) is 15.8. The number of hydrogen-bond donors (Lipinski definition) is 0. The van der Waals surface area contributed by atoms with Crippen molar-refractivity contribution in [1.82, 2.24) is 0 Å². The van der Waals surface area contributed by atoms with Crippen molar-refractivity contribution in [2.75, 3.05) is 26.2 Å². The Morgan fingerprint density at radius 2 is 0.636 bits per heavy atom. The molecule has 0 bridgehead atoms. The molecule has 0 aliphatic heterocycles. The number of rotatable bonds is 16. The molecule has 0 N–H and O–H groups in total. The van der Waals surface area contributed by atoms with Gasteiger partial charge in [-0.05, 0) is 51.4 Å². The van der Waals surface area contributed by atoms with Crippen LogP contribution in [0.2, 0.25) is 0 Å². The zero-order valence-corrected chi connectivity index (χ0v) is 18.5. The van der Waals surface area contributed by atoms with Gasteiger partial charge >= 0.3 is 0 Å².